The lowest BCUT2D eigenvalue weighted by molar-refractivity contribution is -0.139. The monoisotopic (exact) mass is 482 g/mol. The van der Waals surface area contributed by atoms with Crippen LogP contribution in [0.5, 0.6) is 0 Å². The Morgan fingerprint density at radius 3 is 2.61 bits per heavy atom. The molecule has 7 nitrogen and oxygen atoms in total. The van der Waals surface area contributed by atoms with Gasteiger partial charge in [0.2, 0.25) is 5.89 Å². The standard InChI is InChI=1S/C24H20Cl2N4O3/c1-15-20(16(2)30(29-15)13-18-5-3-4-6-21(18)26)11-12-23(31)32-14-22-27-28-24(33-22)17-7-9-19(25)10-8-17/h3-12H,13-14H2,1-2H3/b12-11+. The van der Waals surface area contributed by atoms with Gasteiger partial charge in [0, 0.05) is 32.9 Å². The number of nitrogens with zero attached hydrogens (tertiary/aromatic N) is 4. The van der Waals surface area contributed by atoms with Crippen molar-refractivity contribution in [2.24, 2.45) is 0 Å². The van der Waals surface area contributed by atoms with Gasteiger partial charge in [-0.15, -0.1) is 10.2 Å². The number of carbonyl (C=O) groups is 1. The molecule has 0 atom stereocenters. The molecule has 2 aromatic heterocycles. The van der Waals surface area contributed by atoms with Gasteiger partial charge in [-0.1, -0.05) is 41.4 Å². The van der Waals surface area contributed by atoms with E-state index in [2.05, 4.69) is 15.3 Å². The molecule has 4 rings (SSSR count). The molecule has 0 unspecified atom stereocenters. The molecule has 0 amide bonds. The van der Waals surface area contributed by atoms with Crippen LogP contribution in [0.1, 0.15) is 28.4 Å². The molecule has 2 aromatic carbocycles. The first-order chi connectivity index (χ1) is 15.9. The van der Waals surface area contributed by atoms with Crippen LogP contribution in [0.2, 0.25) is 10.0 Å². The molecule has 2 heterocycles. The second-order valence-corrected chi connectivity index (χ2v) is 8.13. The summed E-state index contributed by atoms with van der Waals surface area (Å²) in [5.41, 5.74) is 4.26. The number of ether oxygens (including phenoxy) is 1. The zero-order chi connectivity index (χ0) is 23.4. The smallest absolute Gasteiger partial charge is 0.331 e. The van der Waals surface area contributed by atoms with Crippen LogP contribution in [-0.4, -0.2) is 25.9 Å². The van der Waals surface area contributed by atoms with E-state index in [4.69, 9.17) is 32.4 Å². The van der Waals surface area contributed by atoms with Crippen molar-refractivity contribution >= 4 is 35.2 Å². The van der Waals surface area contributed by atoms with Crippen molar-refractivity contribution in [3.05, 3.63) is 93.1 Å². The molecule has 4 aromatic rings. The Hall–Kier alpha value is -3.42. The van der Waals surface area contributed by atoms with Crippen LogP contribution in [0.15, 0.2) is 59.0 Å². The maximum atomic E-state index is 12.2. The fraction of sp³-hybridized carbons (Fsp3) is 0.167. The molecule has 0 spiro atoms. The number of carbonyl (C=O) groups excluding carboxylic acids is 1. The SMILES string of the molecule is Cc1nn(Cc2ccccc2Cl)c(C)c1/C=C/C(=O)OCc1nnc(-c2ccc(Cl)cc2)o1. The van der Waals surface area contributed by atoms with Gasteiger partial charge in [-0.2, -0.15) is 5.10 Å². The number of benzene rings is 2. The number of aryl methyl sites for hydroxylation is 1. The number of aromatic nitrogens is 4. The minimum atomic E-state index is -0.529. The van der Waals surface area contributed by atoms with Gasteiger partial charge in [0.1, 0.15) is 0 Å². The molecule has 0 radical (unpaired) electrons. The second kappa shape index (κ2) is 10.0. The van der Waals surface area contributed by atoms with Crippen LogP contribution in [0.3, 0.4) is 0 Å². The van der Waals surface area contributed by atoms with Crippen LogP contribution in [-0.2, 0) is 22.7 Å². The van der Waals surface area contributed by atoms with Gasteiger partial charge in [0.25, 0.3) is 5.89 Å². The molecule has 0 aliphatic rings. The Morgan fingerprint density at radius 2 is 1.85 bits per heavy atom. The highest BCUT2D eigenvalue weighted by Gasteiger charge is 2.13. The van der Waals surface area contributed by atoms with E-state index in [1.54, 1.807) is 30.3 Å². The van der Waals surface area contributed by atoms with Crippen molar-refractivity contribution < 1.29 is 13.9 Å². The summed E-state index contributed by atoms with van der Waals surface area (Å²) in [6.45, 7) is 4.24. The molecule has 33 heavy (non-hydrogen) atoms. The Labute approximate surface area is 200 Å². The van der Waals surface area contributed by atoms with Crippen molar-refractivity contribution in [1.82, 2.24) is 20.0 Å². The topological polar surface area (TPSA) is 83.0 Å². The van der Waals surface area contributed by atoms with Gasteiger partial charge in [0.05, 0.1) is 12.2 Å². The maximum absolute atomic E-state index is 12.2. The molecule has 0 aliphatic carbocycles. The van der Waals surface area contributed by atoms with E-state index in [-0.39, 0.29) is 12.5 Å². The fourth-order valence-corrected chi connectivity index (χ4v) is 3.57. The van der Waals surface area contributed by atoms with Crippen LogP contribution in [0.4, 0.5) is 0 Å². The third kappa shape index (κ3) is 5.50. The summed E-state index contributed by atoms with van der Waals surface area (Å²) < 4.78 is 12.6. The Kier molecular flexibility index (Phi) is 6.91. The first-order valence-electron chi connectivity index (χ1n) is 10.1. The minimum Gasteiger partial charge on any atom is -0.452 e. The molecule has 0 saturated carbocycles. The minimum absolute atomic E-state index is 0.131. The Morgan fingerprint density at radius 1 is 1.09 bits per heavy atom. The number of hydrogen-bond donors (Lipinski definition) is 0. The lowest BCUT2D eigenvalue weighted by atomic mass is 10.1. The van der Waals surface area contributed by atoms with E-state index in [0.717, 1.165) is 28.1 Å². The Bertz CT molecular complexity index is 1310. The van der Waals surface area contributed by atoms with Crippen molar-refractivity contribution in [2.45, 2.75) is 27.0 Å². The van der Waals surface area contributed by atoms with Crippen LogP contribution in [0.25, 0.3) is 17.5 Å². The van der Waals surface area contributed by atoms with Crippen LogP contribution < -0.4 is 0 Å². The van der Waals surface area contributed by atoms with Gasteiger partial charge in [-0.05, 0) is 55.8 Å². The molecule has 0 saturated heterocycles. The van der Waals surface area contributed by atoms with Crippen molar-refractivity contribution in [3.63, 3.8) is 0 Å². The van der Waals surface area contributed by atoms with Gasteiger partial charge < -0.3 is 9.15 Å². The number of esters is 1. The number of hydrogen-bond acceptors (Lipinski definition) is 6. The van der Waals surface area contributed by atoms with E-state index < -0.39 is 5.97 Å². The molecule has 0 N–H and O–H groups in total. The van der Waals surface area contributed by atoms with E-state index in [9.17, 15) is 4.79 Å². The highest BCUT2D eigenvalue weighted by atomic mass is 35.5. The Balaban J connectivity index is 1.38. The molecule has 0 fully saturated rings. The zero-order valence-corrected chi connectivity index (χ0v) is 19.5. The van der Waals surface area contributed by atoms with E-state index in [1.165, 1.54) is 6.08 Å². The van der Waals surface area contributed by atoms with Gasteiger partial charge in [-0.25, -0.2) is 4.79 Å². The lowest BCUT2D eigenvalue weighted by Crippen LogP contribution is -2.04. The van der Waals surface area contributed by atoms with Gasteiger partial charge in [0.15, 0.2) is 6.61 Å². The van der Waals surface area contributed by atoms with E-state index >= 15 is 0 Å². The molecular weight excluding hydrogens is 463 g/mol. The van der Waals surface area contributed by atoms with Crippen molar-refractivity contribution in [1.29, 1.82) is 0 Å². The number of rotatable bonds is 7. The van der Waals surface area contributed by atoms with E-state index in [1.807, 2.05) is 42.8 Å². The molecule has 9 heteroatoms. The summed E-state index contributed by atoms with van der Waals surface area (Å²) in [6, 6.07) is 14.6. The normalized spacial score (nSPS) is 11.3. The van der Waals surface area contributed by atoms with Gasteiger partial charge >= 0.3 is 5.97 Å². The first kappa shape index (κ1) is 22.8. The molecule has 0 bridgehead atoms. The first-order valence-corrected chi connectivity index (χ1v) is 10.9. The summed E-state index contributed by atoms with van der Waals surface area (Å²) in [6.07, 6.45) is 3.05. The quantitative estimate of drug-likeness (QED) is 0.249. The lowest BCUT2D eigenvalue weighted by Gasteiger charge is -2.06. The largest absolute Gasteiger partial charge is 0.452 e. The maximum Gasteiger partial charge on any atom is 0.331 e. The fourth-order valence-electron chi connectivity index (χ4n) is 3.25. The number of halogens is 2. The summed E-state index contributed by atoms with van der Waals surface area (Å²) >= 11 is 12.1. The average Bonchev–Trinajstić information content (AvgIpc) is 3.38. The van der Waals surface area contributed by atoms with Crippen LogP contribution >= 0.6 is 23.2 Å². The van der Waals surface area contributed by atoms with Crippen molar-refractivity contribution in [3.8, 4) is 11.5 Å². The molecule has 0 aliphatic heterocycles. The zero-order valence-electron chi connectivity index (χ0n) is 18.0. The highest BCUT2D eigenvalue weighted by molar-refractivity contribution is 6.31. The predicted molar refractivity (Wildman–Crippen MR) is 126 cm³/mol. The molecular formula is C24H20Cl2N4O3. The van der Waals surface area contributed by atoms with Crippen LogP contribution in [0, 0.1) is 13.8 Å². The summed E-state index contributed by atoms with van der Waals surface area (Å²) in [4.78, 5) is 12.2. The second-order valence-electron chi connectivity index (χ2n) is 7.28. The summed E-state index contributed by atoms with van der Waals surface area (Å²) in [5.74, 6) is -0.00837. The van der Waals surface area contributed by atoms with Crippen molar-refractivity contribution in [2.75, 3.05) is 0 Å². The highest BCUT2D eigenvalue weighted by Crippen LogP contribution is 2.22. The third-order valence-electron chi connectivity index (χ3n) is 5.00. The molecule has 168 valence electrons. The summed E-state index contributed by atoms with van der Waals surface area (Å²) in [5, 5.41) is 13.7. The predicted octanol–water partition coefficient (Wildman–Crippen LogP) is 5.66. The van der Waals surface area contributed by atoms with Gasteiger partial charge in [-0.3, -0.25) is 4.68 Å². The summed E-state index contributed by atoms with van der Waals surface area (Å²) in [7, 11) is 0. The third-order valence-corrected chi connectivity index (χ3v) is 5.62. The van der Waals surface area contributed by atoms with E-state index in [0.29, 0.717) is 22.5 Å². The average molecular weight is 483 g/mol.